The van der Waals surface area contributed by atoms with E-state index in [0.717, 1.165) is 34.0 Å². The zero-order chi connectivity index (χ0) is 21.3. The zero-order valence-corrected chi connectivity index (χ0v) is 17.6. The van der Waals surface area contributed by atoms with Crippen LogP contribution >= 0.6 is 0 Å². The first-order valence-corrected chi connectivity index (χ1v) is 11.6. The summed E-state index contributed by atoms with van der Waals surface area (Å²) in [6, 6.07) is 16.7. The van der Waals surface area contributed by atoms with Crippen molar-refractivity contribution in [3.05, 3.63) is 71.9 Å². The normalized spacial score (nSPS) is 16.5. The predicted molar refractivity (Wildman–Crippen MR) is 118 cm³/mol. The minimum Gasteiger partial charge on any atom is -0.284 e. The molecular weight excluding hydrogens is 400 g/mol. The van der Waals surface area contributed by atoms with Crippen LogP contribution in [0.25, 0.3) is 10.9 Å². The van der Waals surface area contributed by atoms with Crippen molar-refractivity contribution in [2.45, 2.75) is 25.8 Å². The van der Waals surface area contributed by atoms with Crippen LogP contribution in [-0.2, 0) is 14.8 Å². The van der Waals surface area contributed by atoms with E-state index in [1.54, 1.807) is 29.4 Å². The summed E-state index contributed by atoms with van der Waals surface area (Å²) in [7, 11) is -3.38. The second-order valence-corrected chi connectivity index (χ2v) is 9.02. The largest absolute Gasteiger partial charge is 0.284 e. The van der Waals surface area contributed by atoms with Crippen LogP contribution in [0.5, 0.6) is 0 Å². The van der Waals surface area contributed by atoms with Crippen LogP contribution in [0.4, 0.5) is 5.69 Å². The van der Waals surface area contributed by atoms with E-state index < -0.39 is 10.0 Å². The molecule has 0 saturated carbocycles. The summed E-state index contributed by atoms with van der Waals surface area (Å²) in [5.41, 5.74) is 3.87. The van der Waals surface area contributed by atoms with Gasteiger partial charge in [-0.15, -0.1) is 0 Å². The minimum atomic E-state index is -3.38. The number of sulfonamides is 1. The van der Waals surface area contributed by atoms with Gasteiger partial charge in [0.1, 0.15) is 0 Å². The third kappa shape index (κ3) is 4.18. The van der Waals surface area contributed by atoms with Gasteiger partial charge in [-0.3, -0.25) is 14.5 Å². The molecule has 3 aromatic rings. The number of hydrogen-bond acceptors (Lipinski definition) is 5. The lowest BCUT2D eigenvalue weighted by molar-refractivity contribution is -0.132. The number of fused-ring (bicyclic) bond motifs is 1. The van der Waals surface area contributed by atoms with Gasteiger partial charge < -0.3 is 0 Å². The average molecular weight is 423 g/mol. The summed E-state index contributed by atoms with van der Waals surface area (Å²) in [5, 5.41) is 7.16. The van der Waals surface area contributed by atoms with Gasteiger partial charge in [0.25, 0.3) is 0 Å². The van der Waals surface area contributed by atoms with Crippen molar-refractivity contribution in [1.29, 1.82) is 0 Å². The summed E-state index contributed by atoms with van der Waals surface area (Å²) in [6.07, 6.45) is 3.75. The van der Waals surface area contributed by atoms with Crippen molar-refractivity contribution >= 4 is 38.2 Å². The molecule has 2 aromatic carbocycles. The number of hydrazone groups is 1. The number of hydrogen-bond donors (Lipinski definition) is 1. The lowest BCUT2D eigenvalue weighted by Gasteiger charge is -2.21. The fraction of sp³-hybridized carbons (Fsp3) is 0.227. The Kier molecular flexibility index (Phi) is 5.26. The van der Waals surface area contributed by atoms with Crippen molar-refractivity contribution in [2.75, 3.05) is 11.0 Å². The van der Waals surface area contributed by atoms with Crippen LogP contribution in [-0.4, -0.2) is 36.3 Å². The number of carbonyl (C=O) groups is 1. The summed E-state index contributed by atoms with van der Waals surface area (Å²) in [5.74, 6) is -0.0632. The molecule has 0 aliphatic carbocycles. The molecule has 1 N–H and O–H groups in total. The van der Waals surface area contributed by atoms with E-state index in [1.807, 2.05) is 43.3 Å². The highest BCUT2D eigenvalue weighted by Gasteiger charge is 2.32. The van der Waals surface area contributed by atoms with Gasteiger partial charge in [-0.1, -0.05) is 31.2 Å². The zero-order valence-electron chi connectivity index (χ0n) is 16.7. The summed E-state index contributed by atoms with van der Waals surface area (Å²) < 4.78 is 25.6. The molecule has 30 heavy (non-hydrogen) atoms. The Balaban J connectivity index is 1.69. The fourth-order valence-electron chi connectivity index (χ4n) is 3.61. The Morgan fingerprint density at radius 3 is 2.77 bits per heavy atom. The van der Waals surface area contributed by atoms with Crippen LogP contribution in [0.3, 0.4) is 0 Å². The molecule has 1 atom stereocenters. The molecule has 1 aliphatic rings. The number of amides is 1. The van der Waals surface area contributed by atoms with Gasteiger partial charge in [-0.2, -0.15) is 5.10 Å². The maximum Gasteiger partial charge on any atom is 0.242 e. The van der Waals surface area contributed by atoms with Crippen molar-refractivity contribution in [1.82, 2.24) is 9.99 Å². The van der Waals surface area contributed by atoms with E-state index in [0.29, 0.717) is 18.5 Å². The SMILES string of the molecule is CCC(=O)N1N=C(c2cccc(NS(C)(=O)=O)c2)CC1c1ccc2ncccc2c1. The van der Waals surface area contributed by atoms with E-state index in [9.17, 15) is 13.2 Å². The maximum absolute atomic E-state index is 12.6. The highest BCUT2D eigenvalue weighted by atomic mass is 32.2. The number of nitrogens with zero attached hydrogens (tertiary/aromatic N) is 3. The molecule has 0 radical (unpaired) electrons. The van der Waals surface area contributed by atoms with Crippen molar-refractivity contribution in [3.8, 4) is 0 Å². The van der Waals surface area contributed by atoms with Gasteiger partial charge >= 0.3 is 0 Å². The number of rotatable bonds is 5. The van der Waals surface area contributed by atoms with E-state index in [1.165, 1.54) is 0 Å². The number of nitrogens with one attached hydrogen (secondary N) is 1. The first kappa shape index (κ1) is 20.0. The smallest absolute Gasteiger partial charge is 0.242 e. The third-order valence-electron chi connectivity index (χ3n) is 4.98. The number of aromatic nitrogens is 1. The highest BCUT2D eigenvalue weighted by molar-refractivity contribution is 7.92. The third-order valence-corrected chi connectivity index (χ3v) is 5.59. The number of anilines is 1. The Morgan fingerprint density at radius 1 is 1.17 bits per heavy atom. The maximum atomic E-state index is 12.6. The molecule has 1 aliphatic heterocycles. The van der Waals surface area contributed by atoms with Gasteiger partial charge in [-0.25, -0.2) is 13.4 Å². The topological polar surface area (TPSA) is 91.7 Å². The van der Waals surface area contributed by atoms with Gasteiger partial charge in [-0.05, 0) is 41.5 Å². The first-order valence-electron chi connectivity index (χ1n) is 9.66. The summed E-state index contributed by atoms with van der Waals surface area (Å²) >= 11 is 0. The molecule has 154 valence electrons. The van der Waals surface area contributed by atoms with Crippen molar-refractivity contribution in [2.24, 2.45) is 5.10 Å². The quantitative estimate of drug-likeness (QED) is 0.679. The molecule has 1 aromatic heterocycles. The molecule has 1 unspecified atom stereocenters. The minimum absolute atomic E-state index is 0.0632. The van der Waals surface area contributed by atoms with Crippen LogP contribution < -0.4 is 4.72 Å². The first-order chi connectivity index (χ1) is 14.3. The average Bonchev–Trinajstić information content (AvgIpc) is 3.17. The number of benzene rings is 2. The Hall–Kier alpha value is -3.26. The van der Waals surface area contributed by atoms with E-state index in [-0.39, 0.29) is 11.9 Å². The predicted octanol–water partition coefficient (Wildman–Crippen LogP) is 3.69. The van der Waals surface area contributed by atoms with E-state index in [4.69, 9.17) is 0 Å². The lowest BCUT2D eigenvalue weighted by atomic mass is 9.97. The number of carbonyl (C=O) groups excluding carboxylic acids is 1. The van der Waals surface area contributed by atoms with Crippen LogP contribution in [0.1, 0.15) is 36.9 Å². The molecule has 8 heteroatoms. The standard InChI is InChI=1S/C22H22N4O3S/c1-3-22(27)26-21(17-9-10-19-15(12-17)7-5-11-23-19)14-20(24-26)16-6-4-8-18(13-16)25-30(2,28)29/h4-13,21,25H,3,14H2,1-2H3. The van der Waals surface area contributed by atoms with Gasteiger partial charge in [0.15, 0.2) is 0 Å². The Labute approximate surface area is 175 Å². The summed E-state index contributed by atoms with van der Waals surface area (Å²) in [4.78, 5) is 17.0. The van der Waals surface area contributed by atoms with Crippen LogP contribution in [0.15, 0.2) is 65.9 Å². The second kappa shape index (κ2) is 7.87. The summed E-state index contributed by atoms with van der Waals surface area (Å²) in [6.45, 7) is 1.81. The molecule has 0 fully saturated rings. The van der Waals surface area contributed by atoms with Gasteiger partial charge in [0, 0.05) is 30.1 Å². The monoisotopic (exact) mass is 422 g/mol. The molecule has 4 rings (SSSR count). The molecule has 1 amide bonds. The van der Waals surface area contributed by atoms with Crippen LogP contribution in [0, 0.1) is 0 Å². The molecule has 7 nitrogen and oxygen atoms in total. The molecular formula is C22H22N4O3S. The highest BCUT2D eigenvalue weighted by Crippen LogP contribution is 2.34. The molecule has 0 saturated heterocycles. The Morgan fingerprint density at radius 2 is 2.00 bits per heavy atom. The van der Waals surface area contributed by atoms with Crippen LogP contribution in [0.2, 0.25) is 0 Å². The fourth-order valence-corrected chi connectivity index (χ4v) is 4.17. The van der Waals surface area contributed by atoms with Crippen molar-refractivity contribution in [3.63, 3.8) is 0 Å². The van der Waals surface area contributed by atoms with Gasteiger partial charge in [0.05, 0.1) is 23.5 Å². The second-order valence-electron chi connectivity index (χ2n) is 7.27. The molecule has 0 spiro atoms. The molecule has 0 bridgehead atoms. The van der Waals surface area contributed by atoms with Gasteiger partial charge in [0.2, 0.25) is 15.9 Å². The van der Waals surface area contributed by atoms with E-state index in [2.05, 4.69) is 14.8 Å². The van der Waals surface area contributed by atoms with Crippen molar-refractivity contribution < 1.29 is 13.2 Å². The Bertz CT molecular complexity index is 1250. The van der Waals surface area contributed by atoms with E-state index >= 15 is 0 Å². The number of pyridine rings is 1. The molecule has 2 heterocycles. The lowest BCUT2D eigenvalue weighted by Crippen LogP contribution is -2.26.